The molecular weight excluding hydrogens is 354 g/mol. The molecule has 2 unspecified atom stereocenters. The molecule has 0 spiro atoms. The second-order valence-corrected chi connectivity index (χ2v) is 7.28. The summed E-state index contributed by atoms with van der Waals surface area (Å²) in [6.45, 7) is 7.57. The molecule has 7 nitrogen and oxygen atoms in total. The Kier molecular flexibility index (Phi) is 5.73. The maximum absolute atomic E-state index is 12.9. The second-order valence-electron chi connectivity index (χ2n) is 7.28. The highest BCUT2D eigenvalue weighted by Gasteiger charge is 2.27. The van der Waals surface area contributed by atoms with E-state index >= 15 is 0 Å². The quantitative estimate of drug-likeness (QED) is 0.689. The van der Waals surface area contributed by atoms with Crippen LogP contribution in [0.3, 0.4) is 0 Å². The third kappa shape index (κ3) is 4.19. The number of carbonyl (C=O) groups is 2. The lowest BCUT2D eigenvalue weighted by Gasteiger charge is -2.23. The third-order valence-electron chi connectivity index (χ3n) is 4.60. The van der Waals surface area contributed by atoms with E-state index in [4.69, 9.17) is 0 Å². The zero-order chi connectivity index (χ0) is 20.3. The number of nitrogens with zero attached hydrogens (tertiary/aromatic N) is 3. The molecule has 146 valence electrons. The molecule has 2 atom stereocenters. The minimum absolute atomic E-state index is 0.0731. The summed E-state index contributed by atoms with van der Waals surface area (Å²) >= 11 is 0. The fourth-order valence-electron chi connectivity index (χ4n) is 3.07. The van der Waals surface area contributed by atoms with Gasteiger partial charge in [0, 0.05) is 11.8 Å². The van der Waals surface area contributed by atoms with Crippen LogP contribution in [-0.4, -0.2) is 32.5 Å². The van der Waals surface area contributed by atoms with Crippen LogP contribution in [-0.2, 0) is 4.79 Å². The van der Waals surface area contributed by atoms with Gasteiger partial charge in [0.05, 0.1) is 6.04 Å². The van der Waals surface area contributed by atoms with Gasteiger partial charge in [-0.1, -0.05) is 37.6 Å². The van der Waals surface area contributed by atoms with E-state index < -0.39 is 6.04 Å². The average Bonchev–Trinajstić information content (AvgIpc) is 3.09. The largest absolute Gasteiger partial charge is 0.345 e. The molecule has 3 aromatic rings. The first-order valence-corrected chi connectivity index (χ1v) is 9.34. The number of fused-ring (bicyclic) bond motifs is 1. The Morgan fingerprint density at radius 3 is 2.50 bits per heavy atom. The summed E-state index contributed by atoms with van der Waals surface area (Å²) in [5.41, 5.74) is 2.24. The van der Waals surface area contributed by atoms with Gasteiger partial charge in [-0.3, -0.25) is 14.0 Å². The van der Waals surface area contributed by atoms with E-state index in [1.165, 1.54) is 0 Å². The van der Waals surface area contributed by atoms with Gasteiger partial charge in [0.2, 0.25) is 5.91 Å². The summed E-state index contributed by atoms with van der Waals surface area (Å²) in [6, 6.07) is 11.9. The predicted octanol–water partition coefficient (Wildman–Crippen LogP) is 2.67. The molecule has 2 N–H and O–H groups in total. The molecule has 0 aliphatic carbocycles. The Labute approximate surface area is 164 Å². The van der Waals surface area contributed by atoms with Gasteiger partial charge in [-0.25, -0.2) is 0 Å². The first kappa shape index (κ1) is 19.5. The summed E-state index contributed by atoms with van der Waals surface area (Å²) < 4.78 is 1.83. The van der Waals surface area contributed by atoms with Crippen molar-refractivity contribution in [3.8, 4) is 0 Å². The van der Waals surface area contributed by atoms with Gasteiger partial charge in [0.15, 0.2) is 11.5 Å². The van der Waals surface area contributed by atoms with E-state index in [1.54, 1.807) is 12.1 Å². The van der Waals surface area contributed by atoms with Crippen LogP contribution in [0.2, 0.25) is 0 Å². The second kappa shape index (κ2) is 8.21. The minimum atomic E-state index is -0.658. The molecule has 0 fully saturated rings. The topological polar surface area (TPSA) is 88.4 Å². The number of pyridine rings is 1. The van der Waals surface area contributed by atoms with Gasteiger partial charge in [-0.15, -0.1) is 10.2 Å². The number of carbonyl (C=O) groups excluding carboxylic acids is 2. The van der Waals surface area contributed by atoms with E-state index in [0.717, 1.165) is 5.56 Å². The van der Waals surface area contributed by atoms with Crippen molar-refractivity contribution >= 4 is 17.5 Å². The van der Waals surface area contributed by atoms with E-state index in [-0.39, 0.29) is 23.8 Å². The molecule has 7 heteroatoms. The Hall–Kier alpha value is -3.22. The lowest BCUT2D eigenvalue weighted by atomic mass is 10.0. The fraction of sp³-hybridized carbons (Fsp3) is 0.333. The first-order valence-electron chi connectivity index (χ1n) is 9.34. The lowest BCUT2D eigenvalue weighted by molar-refractivity contribution is -0.124. The Balaban J connectivity index is 1.73. The third-order valence-corrected chi connectivity index (χ3v) is 4.60. The van der Waals surface area contributed by atoms with Crippen molar-refractivity contribution in [1.82, 2.24) is 25.2 Å². The van der Waals surface area contributed by atoms with E-state index in [2.05, 4.69) is 20.8 Å². The molecule has 2 heterocycles. The number of aryl methyl sites for hydroxylation is 1. The van der Waals surface area contributed by atoms with Gasteiger partial charge < -0.3 is 10.6 Å². The van der Waals surface area contributed by atoms with Crippen molar-refractivity contribution in [3.05, 3.63) is 65.6 Å². The van der Waals surface area contributed by atoms with Crippen LogP contribution in [0, 0.1) is 12.8 Å². The highest BCUT2D eigenvalue weighted by Crippen LogP contribution is 2.13. The molecule has 0 bridgehead atoms. The molecule has 0 saturated carbocycles. The van der Waals surface area contributed by atoms with E-state index in [9.17, 15) is 9.59 Å². The van der Waals surface area contributed by atoms with Crippen LogP contribution in [0.25, 0.3) is 5.65 Å². The summed E-state index contributed by atoms with van der Waals surface area (Å²) in [6.07, 6.45) is 1.85. The normalized spacial score (nSPS) is 13.3. The van der Waals surface area contributed by atoms with Crippen molar-refractivity contribution in [2.45, 2.75) is 39.8 Å². The number of benzene rings is 1. The number of hydrogen-bond acceptors (Lipinski definition) is 4. The SMILES string of the molecule is Cc1cccc(C(=O)NC(C(=O)NC(C)c2nnc3ccccn23)C(C)C)c1. The summed E-state index contributed by atoms with van der Waals surface area (Å²) in [7, 11) is 0. The molecule has 0 radical (unpaired) electrons. The monoisotopic (exact) mass is 379 g/mol. The van der Waals surface area contributed by atoms with Gasteiger partial charge in [0.1, 0.15) is 6.04 Å². The summed E-state index contributed by atoms with van der Waals surface area (Å²) in [5, 5.41) is 14.1. The standard InChI is InChI=1S/C21H25N5O2/c1-13(2)18(23-20(27)16-9-7-8-14(3)12-16)21(28)22-15(4)19-25-24-17-10-5-6-11-26(17)19/h5-13,15,18H,1-4H3,(H,22,28)(H,23,27). The smallest absolute Gasteiger partial charge is 0.251 e. The van der Waals surface area contributed by atoms with E-state index in [0.29, 0.717) is 17.0 Å². The zero-order valence-electron chi connectivity index (χ0n) is 16.5. The molecular formula is C21H25N5O2. The number of rotatable bonds is 6. The number of amides is 2. The van der Waals surface area contributed by atoms with Gasteiger partial charge in [-0.2, -0.15) is 0 Å². The molecule has 2 aromatic heterocycles. The molecule has 0 aliphatic rings. The molecule has 0 saturated heterocycles. The van der Waals surface area contributed by atoms with Crippen LogP contribution < -0.4 is 10.6 Å². The maximum Gasteiger partial charge on any atom is 0.251 e. The van der Waals surface area contributed by atoms with Gasteiger partial charge in [0.25, 0.3) is 5.91 Å². The van der Waals surface area contributed by atoms with Crippen molar-refractivity contribution in [2.75, 3.05) is 0 Å². The number of nitrogens with one attached hydrogen (secondary N) is 2. The van der Waals surface area contributed by atoms with Crippen molar-refractivity contribution in [3.63, 3.8) is 0 Å². The Morgan fingerprint density at radius 1 is 1.00 bits per heavy atom. The van der Waals surface area contributed by atoms with E-state index in [1.807, 2.05) is 68.6 Å². The fourth-order valence-corrected chi connectivity index (χ4v) is 3.07. The molecule has 28 heavy (non-hydrogen) atoms. The lowest BCUT2D eigenvalue weighted by Crippen LogP contribution is -2.50. The van der Waals surface area contributed by atoms with Crippen molar-refractivity contribution in [2.24, 2.45) is 5.92 Å². The first-order chi connectivity index (χ1) is 13.4. The molecule has 3 rings (SSSR count). The zero-order valence-corrected chi connectivity index (χ0v) is 16.5. The van der Waals surface area contributed by atoms with Crippen molar-refractivity contribution < 1.29 is 9.59 Å². The van der Waals surface area contributed by atoms with Crippen LogP contribution in [0.1, 0.15) is 48.6 Å². The van der Waals surface area contributed by atoms with Crippen molar-refractivity contribution in [1.29, 1.82) is 0 Å². The van der Waals surface area contributed by atoms with Crippen LogP contribution in [0.15, 0.2) is 48.7 Å². The number of aromatic nitrogens is 3. The summed E-state index contributed by atoms with van der Waals surface area (Å²) in [4.78, 5) is 25.5. The minimum Gasteiger partial charge on any atom is -0.345 e. The predicted molar refractivity (Wildman–Crippen MR) is 107 cm³/mol. The molecule has 1 aromatic carbocycles. The van der Waals surface area contributed by atoms with Gasteiger partial charge in [-0.05, 0) is 44.0 Å². The Morgan fingerprint density at radius 2 is 1.79 bits per heavy atom. The van der Waals surface area contributed by atoms with Gasteiger partial charge >= 0.3 is 0 Å². The van der Waals surface area contributed by atoms with Crippen LogP contribution in [0.4, 0.5) is 0 Å². The molecule has 0 aliphatic heterocycles. The van der Waals surface area contributed by atoms with Crippen LogP contribution >= 0.6 is 0 Å². The molecule has 2 amide bonds. The highest BCUT2D eigenvalue weighted by molar-refractivity contribution is 5.97. The summed E-state index contributed by atoms with van der Waals surface area (Å²) in [5.74, 6) is 0.0434. The van der Waals surface area contributed by atoms with Crippen LogP contribution in [0.5, 0.6) is 0 Å². The number of hydrogen-bond donors (Lipinski definition) is 2. The highest BCUT2D eigenvalue weighted by atomic mass is 16.2. The average molecular weight is 379 g/mol. The maximum atomic E-state index is 12.9. The Bertz CT molecular complexity index is 995.